The van der Waals surface area contributed by atoms with Gasteiger partial charge in [-0.3, -0.25) is 18.8 Å². The third-order valence-electron chi connectivity index (χ3n) is 4.77. The monoisotopic (exact) mass is 493 g/mol. The molecule has 2 atom stereocenters. The number of carbonyl (C=O) groups excluding carboxylic acids is 2. The Kier molecular flexibility index (Phi) is 9.81. The molecule has 1 aromatic carbocycles. The van der Waals surface area contributed by atoms with Crippen LogP contribution in [0.5, 0.6) is 0 Å². The van der Waals surface area contributed by atoms with Gasteiger partial charge in [-0.05, 0) is 43.5 Å². The van der Waals surface area contributed by atoms with Crippen molar-refractivity contribution >= 4 is 29.7 Å². The zero-order chi connectivity index (χ0) is 26.0. The van der Waals surface area contributed by atoms with Crippen molar-refractivity contribution in [3.05, 3.63) is 41.7 Å². The number of hydrogen-bond donors (Lipinski definition) is 5. The molecule has 1 aromatic heterocycles. The SMILES string of the molecule is O=C(O)CCC(NC(=O)CC(NC(=O)c1ccc(-n2cc(CCCF)nn2)cc1)C(=O)O)C(=O)O. The number of nitrogens with zero attached hydrogens (tertiary/aromatic N) is 3. The van der Waals surface area contributed by atoms with Crippen LogP contribution in [-0.2, 0) is 25.6 Å². The average Bonchev–Trinajstić information content (AvgIpc) is 3.28. The van der Waals surface area contributed by atoms with Crippen LogP contribution in [0.4, 0.5) is 4.39 Å². The molecule has 0 saturated heterocycles. The lowest BCUT2D eigenvalue weighted by atomic mass is 10.1. The third-order valence-corrected chi connectivity index (χ3v) is 4.77. The molecular formula is C21H24FN5O8. The first kappa shape index (κ1) is 26.9. The number of benzene rings is 1. The smallest absolute Gasteiger partial charge is 0.326 e. The second-order valence-corrected chi connectivity index (χ2v) is 7.45. The molecule has 14 heteroatoms. The van der Waals surface area contributed by atoms with E-state index in [2.05, 4.69) is 20.9 Å². The maximum Gasteiger partial charge on any atom is 0.326 e. The van der Waals surface area contributed by atoms with Gasteiger partial charge in [0.25, 0.3) is 5.91 Å². The minimum Gasteiger partial charge on any atom is -0.481 e. The number of nitrogens with one attached hydrogen (secondary N) is 2. The van der Waals surface area contributed by atoms with Gasteiger partial charge in [-0.1, -0.05) is 5.21 Å². The van der Waals surface area contributed by atoms with Crippen LogP contribution in [0.3, 0.4) is 0 Å². The lowest BCUT2D eigenvalue weighted by molar-refractivity contribution is -0.143. The maximum atomic E-state index is 12.5. The highest BCUT2D eigenvalue weighted by molar-refractivity contribution is 5.98. The second kappa shape index (κ2) is 12.8. The molecule has 13 nitrogen and oxygen atoms in total. The Bertz CT molecular complexity index is 1070. The van der Waals surface area contributed by atoms with Gasteiger partial charge in [-0.15, -0.1) is 5.10 Å². The topological polar surface area (TPSA) is 201 Å². The van der Waals surface area contributed by atoms with Gasteiger partial charge in [-0.2, -0.15) is 0 Å². The minimum atomic E-state index is -1.66. The highest BCUT2D eigenvalue weighted by Gasteiger charge is 2.27. The fourth-order valence-electron chi connectivity index (χ4n) is 2.96. The fourth-order valence-corrected chi connectivity index (χ4v) is 2.96. The Balaban J connectivity index is 1.99. The fraction of sp³-hybridized carbons (Fsp3) is 0.381. The summed E-state index contributed by atoms with van der Waals surface area (Å²) in [7, 11) is 0. The van der Waals surface area contributed by atoms with Crippen LogP contribution in [0.1, 0.15) is 41.7 Å². The van der Waals surface area contributed by atoms with Crippen molar-refractivity contribution in [3.8, 4) is 5.69 Å². The van der Waals surface area contributed by atoms with Crippen molar-refractivity contribution in [2.45, 2.75) is 44.2 Å². The van der Waals surface area contributed by atoms with E-state index in [0.717, 1.165) is 0 Å². The van der Waals surface area contributed by atoms with Crippen LogP contribution in [-0.4, -0.2) is 78.8 Å². The molecule has 2 aromatic rings. The molecule has 0 aliphatic heterocycles. The molecule has 0 spiro atoms. The van der Waals surface area contributed by atoms with Crippen LogP contribution in [0.2, 0.25) is 0 Å². The van der Waals surface area contributed by atoms with Crippen LogP contribution >= 0.6 is 0 Å². The van der Waals surface area contributed by atoms with Crippen molar-refractivity contribution in [1.82, 2.24) is 25.6 Å². The Hall–Kier alpha value is -4.36. The van der Waals surface area contributed by atoms with Crippen molar-refractivity contribution in [1.29, 1.82) is 0 Å². The summed E-state index contributed by atoms with van der Waals surface area (Å²) in [6.45, 7) is -0.472. The Morgan fingerprint density at radius 3 is 2.20 bits per heavy atom. The van der Waals surface area contributed by atoms with Crippen molar-refractivity contribution in [2.75, 3.05) is 6.67 Å². The van der Waals surface area contributed by atoms with Gasteiger partial charge in [0, 0.05) is 12.0 Å². The number of carbonyl (C=O) groups is 5. The van der Waals surface area contributed by atoms with Crippen molar-refractivity contribution in [2.24, 2.45) is 0 Å². The summed E-state index contributed by atoms with van der Waals surface area (Å²) in [5, 5.41) is 39.2. The number of rotatable bonds is 14. The summed E-state index contributed by atoms with van der Waals surface area (Å²) < 4.78 is 13.7. The molecule has 188 valence electrons. The minimum absolute atomic E-state index is 0.0862. The number of carboxylic acid groups (broad SMARTS) is 3. The number of aromatic nitrogens is 3. The predicted molar refractivity (Wildman–Crippen MR) is 116 cm³/mol. The van der Waals surface area contributed by atoms with Gasteiger partial charge in [-0.25, -0.2) is 14.3 Å². The molecular weight excluding hydrogens is 469 g/mol. The summed E-state index contributed by atoms with van der Waals surface area (Å²) in [6, 6.07) is 2.68. The van der Waals surface area contributed by atoms with Crippen molar-refractivity contribution < 1.29 is 43.7 Å². The van der Waals surface area contributed by atoms with E-state index in [1.807, 2.05) is 0 Å². The zero-order valence-electron chi connectivity index (χ0n) is 18.4. The molecule has 35 heavy (non-hydrogen) atoms. The first-order chi connectivity index (χ1) is 16.6. The largest absolute Gasteiger partial charge is 0.481 e. The molecule has 0 radical (unpaired) electrons. The standard InChI is InChI=1S/C21H24FN5O8/c22-9-1-2-13-11-27(26-25-13)14-5-3-12(4-6-14)19(31)24-16(21(34)35)10-17(28)23-15(20(32)33)7-8-18(29)30/h3-6,11,15-16H,1-2,7-10H2,(H,23,28)(H,24,31)(H,29,30)(H,32,33)(H,34,35). The molecule has 2 rings (SSSR count). The second-order valence-electron chi connectivity index (χ2n) is 7.45. The molecule has 2 unspecified atom stereocenters. The number of aryl methyl sites for hydroxylation is 1. The molecule has 5 N–H and O–H groups in total. The van der Waals surface area contributed by atoms with E-state index >= 15 is 0 Å². The Morgan fingerprint density at radius 1 is 0.971 bits per heavy atom. The van der Waals surface area contributed by atoms with Gasteiger partial charge in [0.2, 0.25) is 5.91 Å². The number of aliphatic carboxylic acids is 3. The summed E-state index contributed by atoms with van der Waals surface area (Å²) in [6.07, 6.45) is 0.685. The highest BCUT2D eigenvalue weighted by atomic mass is 19.1. The van der Waals surface area contributed by atoms with Gasteiger partial charge in [0.05, 0.1) is 30.7 Å². The number of carboxylic acids is 3. The molecule has 0 aliphatic rings. The summed E-state index contributed by atoms with van der Waals surface area (Å²) in [5.74, 6) is -6.03. The highest BCUT2D eigenvalue weighted by Crippen LogP contribution is 2.11. The number of amides is 2. The summed E-state index contributed by atoms with van der Waals surface area (Å²) in [5.41, 5.74) is 1.24. The number of alkyl halides is 1. The van der Waals surface area contributed by atoms with E-state index in [1.54, 1.807) is 6.20 Å². The van der Waals surface area contributed by atoms with E-state index < -0.39 is 67.7 Å². The van der Waals surface area contributed by atoms with Crippen molar-refractivity contribution in [3.63, 3.8) is 0 Å². The summed E-state index contributed by atoms with van der Waals surface area (Å²) in [4.78, 5) is 58.0. The number of hydrogen-bond acceptors (Lipinski definition) is 7. The number of halogens is 1. The molecule has 1 heterocycles. The van der Waals surface area contributed by atoms with Gasteiger partial charge in [0.15, 0.2) is 0 Å². The average molecular weight is 493 g/mol. The molecule has 0 fully saturated rings. The van der Waals surface area contributed by atoms with Gasteiger partial charge >= 0.3 is 17.9 Å². The van der Waals surface area contributed by atoms with Crippen LogP contribution in [0, 0.1) is 0 Å². The zero-order valence-corrected chi connectivity index (χ0v) is 18.4. The molecule has 0 saturated carbocycles. The molecule has 2 amide bonds. The van der Waals surface area contributed by atoms with Gasteiger partial charge < -0.3 is 26.0 Å². The normalized spacial score (nSPS) is 12.4. The maximum absolute atomic E-state index is 12.5. The van der Waals surface area contributed by atoms with E-state index in [1.165, 1.54) is 28.9 Å². The van der Waals surface area contributed by atoms with Gasteiger partial charge in [0.1, 0.15) is 12.1 Å². The van der Waals surface area contributed by atoms with E-state index in [4.69, 9.17) is 10.2 Å². The lowest BCUT2D eigenvalue weighted by Gasteiger charge is -2.17. The van der Waals surface area contributed by atoms with E-state index in [0.29, 0.717) is 24.2 Å². The van der Waals surface area contributed by atoms with Crippen LogP contribution in [0.25, 0.3) is 5.69 Å². The van der Waals surface area contributed by atoms with Crippen LogP contribution < -0.4 is 10.6 Å². The Labute approximate surface area is 197 Å². The first-order valence-corrected chi connectivity index (χ1v) is 10.5. The van der Waals surface area contributed by atoms with Crippen LogP contribution in [0.15, 0.2) is 30.5 Å². The first-order valence-electron chi connectivity index (χ1n) is 10.5. The van der Waals surface area contributed by atoms with E-state index in [9.17, 15) is 33.5 Å². The quantitative estimate of drug-likeness (QED) is 0.242. The predicted octanol–water partition coefficient (Wildman–Crippen LogP) is 0.177. The van der Waals surface area contributed by atoms with E-state index in [-0.39, 0.29) is 5.56 Å². The molecule has 0 bridgehead atoms. The summed E-state index contributed by atoms with van der Waals surface area (Å²) >= 11 is 0. The molecule has 0 aliphatic carbocycles. The Morgan fingerprint density at radius 2 is 1.63 bits per heavy atom. The third kappa shape index (κ3) is 8.49. The lowest BCUT2D eigenvalue weighted by Crippen LogP contribution is -2.47.